The van der Waals surface area contributed by atoms with Crippen LogP contribution in [-0.2, 0) is 0 Å². The number of hydrogen-bond acceptors (Lipinski definition) is 2. The Bertz CT molecular complexity index is 583. The lowest BCUT2D eigenvalue weighted by molar-refractivity contribution is 0.0939. The Morgan fingerprint density at radius 3 is 2.75 bits per heavy atom. The highest BCUT2D eigenvalue weighted by Crippen LogP contribution is 2.38. The van der Waals surface area contributed by atoms with E-state index in [9.17, 15) is 4.79 Å². The van der Waals surface area contributed by atoms with Crippen LogP contribution in [0.1, 0.15) is 35.4 Å². The molecule has 0 saturated heterocycles. The van der Waals surface area contributed by atoms with Crippen molar-refractivity contribution in [2.45, 2.75) is 25.7 Å². The molecular formula is C16H18ClNOS. The Hall–Kier alpha value is -1.06. The van der Waals surface area contributed by atoms with E-state index in [4.69, 9.17) is 11.6 Å². The molecule has 1 saturated carbocycles. The first kappa shape index (κ1) is 13.9. The number of carbonyl (C=O) groups is 1. The highest BCUT2D eigenvalue weighted by atomic mass is 35.5. The van der Waals surface area contributed by atoms with E-state index in [0.29, 0.717) is 12.4 Å². The van der Waals surface area contributed by atoms with Crippen molar-refractivity contribution in [1.82, 2.24) is 5.32 Å². The van der Waals surface area contributed by atoms with Crippen LogP contribution in [0.15, 0.2) is 30.3 Å². The summed E-state index contributed by atoms with van der Waals surface area (Å²) in [5.74, 6) is 0.669. The van der Waals surface area contributed by atoms with Gasteiger partial charge in [0.1, 0.15) is 0 Å². The molecule has 1 N–H and O–H groups in total. The van der Waals surface area contributed by atoms with E-state index in [1.165, 1.54) is 12.8 Å². The Morgan fingerprint density at radius 2 is 2.05 bits per heavy atom. The van der Waals surface area contributed by atoms with Crippen LogP contribution in [0.5, 0.6) is 0 Å². The first-order chi connectivity index (χ1) is 9.72. The molecule has 0 spiro atoms. The van der Waals surface area contributed by atoms with Gasteiger partial charge < -0.3 is 5.32 Å². The van der Waals surface area contributed by atoms with E-state index < -0.39 is 0 Å². The highest BCUT2D eigenvalue weighted by Gasteiger charge is 2.33. The number of hydrogen-bond donors (Lipinski definition) is 1. The summed E-state index contributed by atoms with van der Waals surface area (Å²) < 4.78 is 1.16. The van der Waals surface area contributed by atoms with Gasteiger partial charge in [0.2, 0.25) is 0 Å². The summed E-state index contributed by atoms with van der Waals surface area (Å²) in [6.07, 6.45) is 4.71. The fourth-order valence-corrected chi connectivity index (χ4v) is 4.27. The number of amides is 1. The lowest BCUT2D eigenvalue weighted by Gasteiger charge is -2.26. The molecule has 0 atom stereocenters. The van der Waals surface area contributed by atoms with Crippen molar-refractivity contribution in [1.29, 1.82) is 0 Å². The van der Waals surface area contributed by atoms with Gasteiger partial charge in [0.25, 0.3) is 5.91 Å². The number of halogens is 1. The molecule has 4 heteroatoms. The second-order valence-electron chi connectivity index (χ2n) is 5.67. The molecule has 0 radical (unpaired) electrons. The van der Waals surface area contributed by atoms with Gasteiger partial charge in [0.15, 0.2) is 0 Å². The molecule has 1 aromatic carbocycles. The van der Waals surface area contributed by atoms with E-state index in [-0.39, 0.29) is 11.3 Å². The lowest BCUT2D eigenvalue weighted by atomic mass is 9.88. The number of rotatable bonds is 4. The minimum Gasteiger partial charge on any atom is -0.351 e. The van der Waals surface area contributed by atoms with Gasteiger partial charge in [0, 0.05) is 22.5 Å². The number of alkyl halides is 1. The number of benzene rings is 1. The van der Waals surface area contributed by atoms with Crippen LogP contribution in [0.2, 0.25) is 0 Å². The van der Waals surface area contributed by atoms with Crippen LogP contribution < -0.4 is 5.32 Å². The number of thiophene rings is 1. The summed E-state index contributed by atoms with van der Waals surface area (Å²) in [6.45, 7) is 0.698. The van der Waals surface area contributed by atoms with Gasteiger partial charge in [-0.15, -0.1) is 22.9 Å². The number of fused-ring (bicyclic) bond motifs is 1. The molecule has 1 amide bonds. The molecule has 1 aromatic heterocycles. The molecule has 3 rings (SSSR count). The summed E-state index contributed by atoms with van der Waals surface area (Å²) in [4.78, 5) is 13.1. The first-order valence-electron chi connectivity index (χ1n) is 7.05. The molecule has 20 heavy (non-hydrogen) atoms. The molecule has 0 aliphatic heterocycles. The highest BCUT2D eigenvalue weighted by molar-refractivity contribution is 7.20. The van der Waals surface area contributed by atoms with Crippen LogP contribution in [0, 0.1) is 5.41 Å². The van der Waals surface area contributed by atoms with Crippen LogP contribution in [-0.4, -0.2) is 18.3 Å². The number of carbonyl (C=O) groups excluding carboxylic acids is 1. The van der Waals surface area contributed by atoms with Crippen molar-refractivity contribution in [2.24, 2.45) is 5.41 Å². The minimum absolute atomic E-state index is 0.0302. The van der Waals surface area contributed by atoms with Crippen molar-refractivity contribution in [3.8, 4) is 0 Å². The Morgan fingerprint density at radius 1 is 1.30 bits per heavy atom. The predicted octanol–water partition coefficient (Wildman–Crippen LogP) is 4.43. The lowest BCUT2D eigenvalue weighted by Crippen LogP contribution is -2.36. The molecule has 0 unspecified atom stereocenters. The Kier molecular flexibility index (Phi) is 3.99. The first-order valence-corrected chi connectivity index (χ1v) is 8.40. The van der Waals surface area contributed by atoms with Gasteiger partial charge >= 0.3 is 0 Å². The molecular weight excluding hydrogens is 290 g/mol. The molecule has 1 heterocycles. The van der Waals surface area contributed by atoms with Gasteiger partial charge in [-0.3, -0.25) is 4.79 Å². The maximum absolute atomic E-state index is 12.3. The monoisotopic (exact) mass is 307 g/mol. The molecule has 2 aromatic rings. The fraction of sp³-hybridized carbons (Fsp3) is 0.438. The molecule has 106 valence electrons. The van der Waals surface area contributed by atoms with Crippen molar-refractivity contribution < 1.29 is 4.79 Å². The van der Waals surface area contributed by atoms with Crippen LogP contribution in [0.3, 0.4) is 0 Å². The van der Waals surface area contributed by atoms with Gasteiger partial charge in [-0.25, -0.2) is 0 Å². The third-order valence-electron chi connectivity index (χ3n) is 4.22. The van der Waals surface area contributed by atoms with Crippen molar-refractivity contribution in [3.63, 3.8) is 0 Å². The maximum atomic E-state index is 12.3. The van der Waals surface area contributed by atoms with Crippen LogP contribution >= 0.6 is 22.9 Å². The molecule has 1 aliphatic rings. The SMILES string of the molecule is O=C(NCC1(CCl)CCCC1)c1cc2ccccc2s1. The van der Waals surface area contributed by atoms with E-state index >= 15 is 0 Å². The van der Waals surface area contributed by atoms with E-state index in [1.54, 1.807) is 11.3 Å². The average Bonchev–Trinajstić information content (AvgIpc) is 3.12. The fourth-order valence-electron chi connectivity index (χ4n) is 2.93. The standard InChI is InChI=1S/C16H18ClNOS/c17-10-16(7-3-4-8-16)11-18-15(19)14-9-12-5-1-2-6-13(12)20-14/h1-2,5-6,9H,3-4,7-8,10-11H2,(H,18,19). The Balaban J connectivity index is 1.69. The summed E-state index contributed by atoms with van der Waals surface area (Å²) in [7, 11) is 0. The molecule has 2 nitrogen and oxygen atoms in total. The third kappa shape index (κ3) is 2.70. The Labute approximate surface area is 128 Å². The van der Waals surface area contributed by atoms with Gasteiger partial charge in [-0.1, -0.05) is 31.0 Å². The summed E-state index contributed by atoms with van der Waals surface area (Å²) in [6, 6.07) is 10.1. The van der Waals surface area contributed by atoms with E-state index in [2.05, 4.69) is 5.32 Å². The molecule has 0 bridgehead atoms. The van der Waals surface area contributed by atoms with Gasteiger partial charge in [-0.2, -0.15) is 0 Å². The normalized spacial score (nSPS) is 17.4. The number of nitrogens with one attached hydrogen (secondary N) is 1. The van der Waals surface area contributed by atoms with Crippen molar-refractivity contribution >= 4 is 38.9 Å². The summed E-state index contributed by atoms with van der Waals surface area (Å²) >= 11 is 7.66. The third-order valence-corrected chi connectivity index (χ3v) is 5.90. The van der Waals surface area contributed by atoms with Gasteiger partial charge in [-0.05, 0) is 30.4 Å². The molecule has 1 aliphatic carbocycles. The minimum atomic E-state index is 0.0302. The van der Waals surface area contributed by atoms with Crippen molar-refractivity contribution in [3.05, 3.63) is 35.2 Å². The predicted molar refractivity (Wildman–Crippen MR) is 85.8 cm³/mol. The zero-order valence-corrected chi connectivity index (χ0v) is 12.9. The van der Waals surface area contributed by atoms with Crippen molar-refractivity contribution in [2.75, 3.05) is 12.4 Å². The quantitative estimate of drug-likeness (QED) is 0.832. The average molecular weight is 308 g/mol. The molecule has 1 fully saturated rings. The van der Waals surface area contributed by atoms with E-state index in [0.717, 1.165) is 27.8 Å². The topological polar surface area (TPSA) is 29.1 Å². The van der Waals surface area contributed by atoms with E-state index in [1.807, 2.05) is 30.3 Å². The second-order valence-corrected chi connectivity index (χ2v) is 7.02. The summed E-state index contributed by atoms with van der Waals surface area (Å²) in [5, 5.41) is 4.22. The maximum Gasteiger partial charge on any atom is 0.261 e. The second kappa shape index (κ2) is 5.74. The smallest absolute Gasteiger partial charge is 0.261 e. The van der Waals surface area contributed by atoms with Crippen LogP contribution in [0.25, 0.3) is 10.1 Å². The van der Waals surface area contributed by atoms with Crippen LogP contribution in [0.4, 0.5) is 0 Å². The zero-order valence-electron chi connectivity index (χ0n) is 11.3. The largest absolute Gasteiger partial charge is 0.351 e. The summed E-state index contributed by atoms with van der Waals surface area (Å²) in [5.41, 5.74) is 0.119. The van der Waals surface area contributed by atoms with Gasteiger partial charge in [0.05, 0.1) is 4.88 Å². The zero-order chi connectivity index (χ0) is 14.0.